The minimum absolute atomic E-state index is 0.0155. The van der Waals surface area contributed by atoms with E-state index in [9.17, 15) is 0 Å². The summed E-state index contributed by atoms with van der Waals surface area (Å²) in [5, 5.41) is 0. The van der Waals surface area contributed by atoms with Crippen molar-refractivity contribution >= 4 is 39.9 Å². The lowest BCUT2D eigenvalue weighted by Gasteiger charge is -2.27. The van der Waals surface area contributed by atoms with Crippen LogP contribution in [-0.4, -0.2) is 11.7 Å². The Morgan fingerprint density at radius 2 is 1.20 bits per heavy atom. The molecule has 0 unspecified atom stereocenters. The lowest BCUT2D eigenvalue weighted by atomic mass is 9.85. The highest BCUT2D eigenvalue weighted by atomic mass is 16.5. The van der Waals surface area contributed by atoms with E-state index in [4.69, 9.17) is 4.74 Å². The van der Waals surface area contributed by atoms with E-state index in [2.05, 4.69) is 156 Å². The van der Waals surface area contributed by atoms with Gasteiger partial charge in [-0.3, -0.25) is 4.90 Å². The number of hydrogen-bond acceptors (Lipinski definition) is 5. The quantitative estimate of drug-likeness (QED) is 0.161. The van der Waals surface area contributed by atoms with E-state index >= 15 is 0 Å². The van der Waals surface area contributed by atoms with Crippen molar-refractivity contribution in [1.82, 2.24) is 4.98 Å². The van der Waals surface area contributed by atoms with Crippen LogP contribution in [0.2, 0.25) is 0 Å². The second-order valence-corrected chi connectivity index (χ2v) is 13.8. The van der Waals surface area contributed by atoms with Gasteiger partial charge in [-0.15, -0.1) is 0 Å². The van der Waals surface area contributed by atoms with Gasteiger partial charge in [-0.1, -0.05) is 112 Å². The number of para-hydroxylation sites is 3. The van der Waals surface area contributed by atoms with Crippen molar-refractivity contribution in [3.05, 3.63) is 182 Å². The van der Waals surface area contributed by atoms with E-state index in [1.807, 2.05) is 60.8 Å². The molecule has 7 aromatic rings. The maximum absolute atomic E-state index is 6.58. The van der Waals surface area contributed by atoms with Gasteiger partial charge >= 0.3 is 0 Å². The van der Waals surface area contributed by atoms with Crippen LogP contribution < -0.4 is 19.4 Å². The van der Waals surface area contributed by atoms with Gasteiger partial charge in [0.25, 0.3) is 0 Å². The third kappa shape index (κ3) is 6.54. The van der Waals surface area contributed by atoms with Crippen molar-refractivity contribution in [2.45, 2.75) is 26.2 Å². The number of rotatable bonds is 8. The summed E-state index contributed by atoms with van der Waals surface area (Å²) >= 11 is 0. The van der Waals surface area contributed by atoms with Crippen LogP contribution in [0.15, 0.2) is 176 Å². The minimum atomic E-state index is 0.0155. The van der Waals surface area contributed by atoms with Gasteiger partial charge in [0, 0.05) is 35.3 Å². The average molecular weight is 665 g/mol. The summed E-state index contributed by atoms with van der Waals surface area (Å²) < 4.78 is 6.58. The standard InChI is InChI=1S/C46H40N4O/c1-46(2,3)35-27-28-41(34-16-6-4-7-17-34)44(30-35)49-33-48(42-24-10-11-25-43(42)49)37-20-14-22-39(31-37)51-40-23-15-21-38(32-40)50(36-18-8-5-9-19-36)45-26-12-13-29-47-45/h4-32H,33H2,1-3H3. The lowest BCUT2D eigenvalue weighted by molar-refractivity contribution is 0.483. The fourth-order valence-corrected chi connectivity index (χ4v) is 6.74. The first-order valence-electron chi connectivity index (χ1n) is 17.4. The molecule has 51 heavy (non-hydrogen) atoms. The Labute approximate surface area is 300 Å². The van der Waals surface area contributed by atoms with Gasteiger partial charge in [-0.05, 0) is 83.3 Å². The Balaban J connectivity index is 1.13. The number of nitrogens with zero attached hydrogens (tertiary/aromatic N) is 4. The zero-order chi connectivity index (χ0) is 34.8. The Morgan fingerprint density at radius 1 is 0.549 bits per heavy atom. The molecular weight excluding hydrogens is 625 g/mol. The summed E-state index contributed by atoms with van der Waals surface area (Å²) in [6.07, 6.45) is 1.82. The van der Waals surface area contributed by atoms with Crippen molar-refractivity contribution in [3.8, 4) is 22.6 Å². The second-order valence-electron chi connectivity index (χ2n) is 13.8. The summed E-state index contributed by atoms with van der Waals surface area (Å²) in [5.74, 6) is 2.35. The van der Waals surface area contributed by atoms with Crippen molar-refractivity contribution in [2.24, 2.45) is 0 Å². The molecule has 1 aliphatic rings. The molecular formula is C46H40N4O. The number of anilines is 7. The Morgan fingerprint density at radius 3 is 1.92 bits per heavy atom. The maximum atomic E-state index is 6.58. The van der Waals surface area contributed by atoms with E-state index in [0.29, 0.717) is 6.67 Å². The Hall–Kier alpha value is -6.33. The monoisotopic (exact) mass is 664 g/mol. The SMILES string of the molecule is CC(C)(C)c1ccc(-c2ccccc2)c(N2CN(c3cccc(Oc4cccc(N(c5ccccc5)c5ccccn5)c4)c3)c3ccccc32)c1. The fourth-order valence-electron chi connectivity index (χ4n) is 6.74. The minimum Gasteiger partial charge on any atom is -0.457 e. The molecule has 0 spiro atoms. The molecule has 0 atom stereocenters. The lowest BCUT2D eigenvalue weighted by Crippen LogP contribution is -2.25. The van der Waals surface area contributed by atoms with Crippen LogP contribution in [0, 0.1) is 0 Å². The van der Waals surface area contributed by atoms with E-state index in [-0.39, 0.29) is 5.41 Å². The van der Waals surface area contributed by atoms with Gasteiger partial charge in [-0.2, -0.15) is 0 Å². The Bertz CT molecular complexity index is 2230. The van der Waals surface area contributed by atoms with Gasteiger partial charge in [0.15, 0.2) is 0 Å². The zero-order valence-electron chi connectivity index (χ0n) is 29.1. The van der Waals surface area contributed by atoms with Gasteiger partial charge in [0.05, 0.1) is 22.7 Å². The molecule has 8 rings (SSSR count). The number of benzene rings is 6. The molecule has 0 amide bonds. The molecule has 0 radical (unpaired) electrons. The van der Waals surface area contributed by atoms with E-state index in [0.717, 1.165) is 40.1 Å². The van der Waals surface area contributed by atoms with Crippen molar-refractivity contribution < 1.29 is 4.74 Å². The fraction of sp³-hybridized carbons (Fsp3) is 0.109. The summed E-state index contributed by atoms with van der Waals surface area (Å²) in [6.45, 7) is 7.49. The van der Waals surface area contributed by atoms with Crippen LogP contribution in [0.1, 0.15) is 26.3 Å². The molecule has 2 heterocycles. The zero-order valence-corrected chi connectivity index (χ0v) is 29.1. The van der Waals surface area contributed by atoms with Crippen LogP contribution in [-0.2, 0) is 5.41 Å². The van der Waals surface area contributed by atoms with Crippen LogP contribution in [0.4, 0.5) is 39.9 Å². The molecule has 1 aromatic heterocycles. The first kappa shape index (κ1) is 31.9. The molecule has 250 valence electrons. The van der Waals surface area contributed by atoms with Gasteiger partial charge in [0.1, 0.15) is 24.0 Å². The number of fused-ring (bicyclic) bond motifs is 1. The molecule has 0 N–H and O–H groups in total. The van der Waals surface area contributed by atoms with Gasteiger partial charge in [-0.25, -0.2) is 4.98 Å². The highest BCUT2D eigenvalue weighted by Gasteiger charge is 2.30. The number of aromatic nitrogens is 1. The van der Waals surface area contributed by atoms with Gasteiger partial charge in [0.2, 0.25) is 0 Å². The first-order valence-corrected chi connectivity index (χ1v) is 17.4. The van der Waals surface area contributed by atoms with E-state index in [1.54, 1.807) is 0 Å². The largest absolute Gasteiger partial charge is 0.457 e. The summed E-state index contributed by atoms with van der Waals surface area (Å²) in [4.78, 5) is 11.6. The van der Waals surface area contributed by atoms with E-state index in [1.165, 1.54) is 28.1 Å². The number of pyridine rings is 1. The van der Waals surface area contributed by atoms with Crippen LogP contribution >= 0.6 is 0 Å². The summed E-state index contributed by atoms with van der Waals surface area (Å²) in [7, 11) is 0. The molecule has 6 aromatic carbocycles. The topological polar surface area (TPSA) is 31.8 Å². The Kier molecular flexibility index (Phi) is 8.46. The second kappa shape index (κ2) is 13.5. The third-order valence-electron chi connectivity index (χ3n) is 9.32. The van der Waals surface area contributed by atoms with Crippen LogP contribution in [0.5, 0.6) is 11.5 Å². The molecule has 0 bridgehead atoms. The summed E-state index contributed by atoms with van der Waals surface area (Å²) in [5.41, 5.74) is 10.3. The highest BCUT2D eigenvalue weighted by Crippen LogP contribution is 2.48. The predicted octanol–water partition coefficient (Wildman–Crippen LogP) is 12.6. The molecule has 0 aliphatic carbocycles. The van der Waals surface area contributed by atoms with E-state index < -0.39 is 0 Å². The molecule has 5 nitrogen and oxygen atoms in total. The number of hydrogen-bond donors (Lipinski definition) is 0. The van der Waals surface area contributed by atoms with Crippen molar-refractivity contribution in [1.29, 1.82) is 0 Å². The van der Waals surface area contributed by atoms with Crippen molar-refractivity contribution in [2.75, 3.05) is 21.4 Å². The average Bonchev–Trinajstić information content (AvgIpc) is 3.56. The first-order chi connectivity index (χ1) is 24.9. The maximum Gasteiger partial charge on any atom is 0.137 e. The van der Waals surface area contributed by atoms with Gasteiger partial charge < -0.3 is 14.5 Å². The van der Waals surface area contributed by atoms with Crippen LogP contribution in [0.25, 0.3) is 11.1 Å². The predicted molar refractivity (Wildman–Crippen MR) is 212 cm³/mol. The molecule has 0 saturated heterocycles. The molecule has 0 saturated carbocycles. The number of ether oxygens (including phenoxy) is 1. The van der Waals surface area contributed by atoms with Crippen molar-refractivity contribution in [3.63, 3.8) is 0 Å². The normalized spacial score (nSPS) is 12.5. The highest BCUT2D eigenvalue weighted by molar-refractivity contribution is 5.92. The molecule has 1 aliphatic heterocycles. The molecule has 5 heteroatoms. The third-order valence-corrected chi connectivity index (χ3v) is 9.32. The molecule has 0 fully saturated rings. The smallest absolute Gasteiger partial charge is 0.137 e. The van der Waals surface area contributed by atoms with Crippen LogP contribution in [0.3, 0.4) is 0 Å². The summed E-state index contributed by atoms with van der Waals surface area (Å²) in [6, 6.07) is 59.1.